The molecule has 0 aliphatic carbocycles. The molecule has 3 nitrogen and oxygen atoms in total. The molecule has 0 spiro atoms. The molecule has 0 aromatic rings. The van der Waals surface area contributed by atoms with E-state index >= 15 is 0 Å². The van der Waals surface area contributed by atoms with Gasteiger partial charge < -0.3 is 15.2 Å². The second kappa shape index (κ2) is 4.78. The van der Waals surface area contributed by atoms with Gasteiger partial charge in [-0.05, 0) is 19.4 Å². The zero-order chi connectivity index (χ0) is 6.69. The first kappa shape index (κ1) is 10.0. The predicted octanol–water partition coefficient (Wildman–Crippen LogP) is -4.26. The SMILES string of the molecule is O=C([O-])C1CCCNC1.[Li+]. The second-order valence-corrected chi connectivity index (χ2v) is 2.36. The van der Waals surface area contributed by atoms with E-state index in [1.807, 2.05) is 0 Å². The monoisotopic (exact) mass is 135 g/mol. The number of carboxylic acid groups (broad SMARTS) is 1. The zero-order valence-electron chi connectivity index (χ0n) is 6.22. The van der Waals surface area contributed by atoms with Crippen LogP contribution in [0, 0.1) is 5.92 Å². The Balaban J connectivity index is 0.000000810. The van der Waals surface area contributed by atoms with E-state index in [1.54, 1.807) is 0 Å². The summed E-state index contributed by atoms with van der Waals surface area (Å²) in [5, 5.41) is 13.2. The summed E-state index contributed by atoms with van der Waals surface area (Å²) in [4.78, 5) is 10.2. The normalized spacial score (nSPS) is 25.0. The Morgan fingerprint density at radius 1 is 1.60 bits per heavy atom. The number of rotatable bonds is 1. The summed E-state index contributed by atoms with van der Waals surface area (Å²) in [5.74, 6) is -1.17. The molecule has 1 unspecified atom stereocenters. The van der Waals surface area contributed by atoms with Crippen LogP contribution < -0.4 is 29.3 Å². The molecule has 0 radical (unpaired) electrons. The van der Waals surface area contributed by atoms with Crippen LogP contribution in [0.1, 0.15) is 12.8 Å². The quantitative estimate of drug-likeness (QED) is 0.370. The van der Waals surface area contributed by atoms with Crippen LogP contribution in [0.25, 0.3) is 0 Å². The van der Waals surface area contributed by atoms with Crippen molar-refractivity contribution in [1.82, 2.24) is 5.32 Å². The van der Waals surface area contributed by atoms with Crippen LogP contribution in [0.4, 0.5) is 0 Å². The van der Waals surface area contributed by atoms with Crippen molar-refractivity contribution >= 4 is 5.97 Å². The first-order valence-electron chi connectivity index (χ1n) is 3.22. The van der Waals surface area contributed by atoms with E-state index in [0.29, 0.717) is 6.54 Å². The summed E-state index contributed by atoms with van der Waals surface area (Å²) >= 11 is 0. The minimum Gasteiger partial charge on any atom is -0.550 e. The van der Waals surface area contributed by atoms with E-state index in [1.165, 1.54) is 0 Å². The van der Waals surface area contributed by atoms with Gasteiger partial charge in [-0.1, -0.05) is 0 Å². The molecule has 1 fully saturated rings. The molecule has 1 atom stereocenters. The molecule has 0 amide bonds. The number of carbonyl (C=O) groups is 1. The summed E-state index contributed by atoms with van der Waals surface area (Å²) in [6, 6.07) is 0. The molecule has 1 rings (SSSR count). The first-order valence-corrected chi connectivity index (χ1v) is 3.22. The minimum absolute atomic E-state index is 0. The molecule has 1 aliphatic heterocycles. The molecule has 0 bridgehead atoms. The van der Waals surface area contributed by atoms with Crippen LogP contribution in [0.2, 0.25) is 0 Å². The van der Waals surface area contributed by atoms with Crippen LogP contribution in [-0.4, -0.2) is 19.1 Å². The van der Waals surface area contributed by atoms with Gasteiger partial charge in [-0.2, -0.15) is 0 Å². The summed E-state index contributed by atoms with van der Waals surface area (Å²) in [7, 11) is 0. The molecule has 0 saturated carbocycles. The molecule has 52 valence electrons. The summed E-state index contributed by atoms with van der Waals surface area (Å²) < 4.78 is 0. The third-order valence-corrected chi connectivity index (χ3v) is 1.63. The number of nitrogens with one attached hydrogen (secondary N) is 1. The molecular formula is C6H10LiNO2. The third kappa shape index (κ3) is 2.74. The fourth-order valence-corrected chi connectivity index (χ4v) is 1.05. The topological polar surface area (TPSA) is 52.2 Å². The van der Waals surface area contributed by atoms with E-state index in [0.717, 1.165) is 19.4 Å². The second-order valence-electron chi connectivity index (χ2n) is 2.36. The van der Waals surface area contributed by atoms with E-state index < -0.39 is 5.97 Å². The summed E-state index contributed by atoms with van der Waals surface area (Å²) in [6.07, 6.45) is 1.73. The van der Waals surface area contributed by atoms with Gasteiger partial charge in [0.2, 0.25) is 0 Å². The smallest absolute Gasteiger partial charge is 0.550 e. The van der Waals surface area contributed by atoms with Crippen LogP contribution >= 0.6 is 0 Å². The Kier molecular flexibility index (Phi) is 4.80. The van der Waals surface area contributed by atoms with E-state index in [2.05, 4.69) is 5.32 Å². The van der Waals surface area contributed by atoms with Gasteiger partial charge in [-0.25, -0.2) is 0 Å². The average molecular weight is 135 g/mol. The number of piperidine rings is 1. The van der Waals surface area contributed by atoms with Crippen molar-refractivity contribution in [3.63, 3.8) is 0 Å². The molecule has 1 heterocycles. The van der Waals surface area contributed by atoms with Crippen molar-refractivity contribution in [2.45, 2.75) is 12.8 Å². The van der Waals surface area contributed by atoms with Crippen molar-refractivity contribution < 1.29 is 28.8 Å². The molecule has 0 aromatic carbocycles. The van der Waals surface area contributed by atoms with Crippen molar-refractivity contribution in [3.8, 4) is 0 Å². The Morgan fingerprint density at radius 3 is 2.60 bits per heavy atom. The molecule has 1 saturated heterocycles. The molecular weight excluding hydrogens is 125 g/mol. The van der Waals surface area contributed by atoms with Crippen molar-refractivity contribution in [1.29, 1.82) is 0 Å². The maximum atomic E-state index is 10.2. The van der Waals surface area contributed by atoms with Gasteiger partial charge in [0.25, 0.3) is 0 Å². The molecule has 10 heavy (non-hydrogen) atoms. The summed E-state index contributed by atoms with van der Waals surface area (Å²) in [5.41, 5.74) is 0. The van der Waals surface area contributed by atoms with Gasteiger partial charge in [0.1, 0.15) is 0 Å². The van der Waals surface area contributed by atoms with Crippen LogP contribution in [0.3, 0.4) is 0 Å². The third-order valence-electron chi connectivity index (χ3n) is 1.63. The van der Waals surface area contributed by atoms with Crippen LogP contribution in [-0.2, 0) is 4.79 Å². The van der Waals surface area contributed by atoms with Gasteiger partial charge in [0.05, 0.1) is 0 Å². The average Bonchev–Trinajstić information content (AvgIpc) is 1.90. The molecule has 1 N–H and O–H groups in total. The van der Waals surface area contributed by atoms with Crippen molar-refractivity contribution in [2.75, 3.05) is 13.1 Å². The number of carboxylic acids is 1. The number of carbonyl (C=O) groups excluding carboxylic acids is 1. The van der Waals surface area contributed by atoms with Gasteiger partial charge in [-0.3, -0.25) is 0 Å². The maximum Gasteiger partial charge on any atom is 1.00 e. The molecule has 0 aromatic heterocycles. The number of hydrogen-bond donors (Lipinski definition) is 1. The number of hydrogen-bond acceptors (Lipinski definition) is 3. The minimum atomic E-state index is -0.915. The summed E-state index contributed by atoms with van der Waals surface area (Å²) in [6.45, 7) is 1.53. The Morgan fingerprint density at radius 2 is 2.30 bits per heavy atom. The largest absolute Gasteiger partial charge is 1.00 e. The Hall–Kier alpha value is 0.0274. The van der Waals surface area contributed by atoms with Gasteiger partial charge >= 0.3 is 18.9 Å². The standard InChI is InChI=1S/C6H11NO2.Li/c8-6(9)5-2-1-3-7-4-5;/h5,7H,1-4H2,(H,8,9);/q;+1/p-1. The molecule has 4 heteroatoms. The van der Waals surface area contributed by atoms with E-state index in [-0.39, 0.29) is 24.8 Å². The zero-order valence-corrected chi connectivity index (χ0v) is 6.22. The van der Waals surface area contributed by atoms with Gasteiger partial charge in [-0.15, -0.1) is 0 Å². The Bertz CT molecular complexity index is 112. The van der Waals surface area contributed by atoms with Gasteiger partial charge in [0.15, 0.2) is 0 Å². The fraction of sp³-hybridized carbons (Fsp3) is 0.833. The predicted molar refractivity (Wildman–Crippen MR) is 30.6 cm³/mol. The number of aliphatic carboxylic acids is 1. The fourth-order valence-electron chi connectivity index (χ4n) is 1.05. The van der Waals surface area contributed by atoms with Crippen LogP contribution in [0.5, 0.6) is 0 Å². The van der Waals surface area contributed by atoms with E-state index in [4.69, 9.17) is 0 Å². The van der Waals surface area contributed by atoms with Crippen molar-refractivity contribution in [2.24, 2.45) is 5.92 Å². The molecule has 1 aliphatic rings. The maximum absolute atomic E-state index is 10.2. The van der Waals surface area contributed by atoms with Gasteiger partial charge in [0, 0.05) is 18.4 Å². The van der Waals surface area contributed by atoms with E-state index in [9.17, 15) is 9.90 Å². The Labute approximate surface area is 72.4 Å². The first-order chi connectivity index (χ1) is 4.30. The van der Waals surface area contributed by atoms with Crippen LogP contribution in [0.15, 0.2) is 0 Å². The van der Waals surface area contributed by atoms with Crippen molar-refractivity contribution in [3.05, 3.63) is 0 Å².